The van der Waals surface area contributed by atoms with E-state index >= 15 is 0 Å². The molecule has 0 saturated carbocycles. The molecular weight excluding hydrogens is 243 g/mol. The van der Waals surface area contributed by atoms with Gasteiger partial charge in [-0.3, -0.25) is 5.10 Å². The third kappa shape index (κ3) is 3.07. The maximum atomic E-state index is 12.6. The summed E-state index contributed by atoms with van der Waals surface area (Å²) in [6.45, 7) is 0. The highest BCUT2D eigenvalue weighted by Gasteiger charge is 2.13. The number of carbonyl (C=O) groups is 1. The lowest BCUT2D eigenvalue weighted by Crippen LogP contribution is -1.96. The number of rotatable bonds is 2. The number of aromatic carboxylic acids is 1. The lowest BCUT2D eigenvalue weighted by Gasteiger charge is -1.99. The number of hydrogen-bond donors (Lipinski definition) is 3. The van der Waals surface area contributed by atoms with E-state index in [1.165, 1.54) is 30.5 Å². The van der Waals surface area contributed by atoms with Gasteiger partial charge < -0.3 is 5.11 Å². The van der Waals surface area contributed by atoms with E-state index in [4.69, 9.17) is 5.11 Å². The molecule has 0 spiro atoms. The van der Waals surface area contributed by atoms with Crippen molar-refractivity contribution in [3.8, 4) is 11.3 Å². The second-order valence-corrected chi connectivity index (χ2v) is 2.97. The molecule has 0 unspecified atom stereocenters. The van der Waals surface area contributed by atoms with E-state index in [1.807, 2.05) is 0 Å². The fourth-order valence-corrected chi connectivity index (χ4v) is 1.28. The maximum Gasteiger partial charge on any atom is 0.339 e. The molecule has 6 heteroatoms. The minimum atomic E-state index is -1.07. The number of thiol groups is 1. The van der Waals surface area contributed by atoms with Gasteiger partial charge in [0.05, 0.1) is 11.9 Å². The predicted molar refractivity (Wildman–Crippen MR) is 65.9 cm³/mol. The largest absolute Gasteiger partial charge is 0.478 e. The van der Waals surface area contributed by atoms with Crippen LogP contribution in [0, 0.1) is 5.82 Å². The highest BCUT2D eigenvalue weighted by Crippen LogP contribution is 2.20. The summed E-state index contributed by atoms with van der Waals surface area (Å²) >= 11 is 3.53. The lowest BCUT2D eigenvalue weighted by atomic mass is 10.1. The smallest absolute Gasteiger partial charge is 0.339 e. The quantitative estimate of drug-likeness (QED) is 0.721. The maximum absolute atomic E-state index is 12.6. The van der Waals surface area contributed by atoms with Crippen molar-refractivity contribution in [2.75, 3.05) is 6.26 Å². The molecule has 0 fully saturated rings. The minimum Gasteiger partial charge on any atom is -0.478 e. The summed E-state index contributed by atoms with van der Waals surface area (Å²) in [6.07, 6.45) is 2.92. The number of aromatic amines is 1. The Kier molecular flexibility index (Phi) is 4.71. The molecule has 2 rings (SSSR count). The van der Waals surface area contributed by atoms with Crippen LogP contribution in [0.15, 0.2) is 30.5 Å². The van der Waals surface area contributed by atoms with Gasteiger partial charge in [-0.2, -0.15) is 17.7 Å². The number of carboxylic acid groups (broad SMARTS) is 1. The predicted octanol–water partition coefficient (Wildman–Crippen LogP) is 2.46. The van der Waals surface area contributed by atoms with E-state index in [0.29, 0.717) is 11.3 Å². The summed E-state index contributed by atoms with van der Waals surface area (Å²) in [6, 6.07) is 5.52. The second-order valence-electron chi connectivity index (χ2n) is 2.97. The van der Waals surface area contributed by atoms with Crippen LogP contribution in [0.2, 0.25) is 0 Å². The number of aromatic nitrogens is 2. The first-order valence-corrected chi connectivity index (χ1v) is 5.55. The van der Waals surface area contributed by atoms with Crippen LogP contribution in [-0.2, 0) is 0 Å². The molecule has 0 aliphatic carbocycles. The summed E-state index contributed by atoms with van der Waals surface area (Å²) < 4.78 is 12.6. The molecule has 0 aliphatic heterocycles. The highest BCUT2D eigenvalue weighted by molar-refractivity contribution is 7.79. The summed E-state index contributed by atoms with van der Waals surface area (Å²) in [5.41, 5.74) is 1.04. The third-order valence-electron chi connectivity index (χ3n) is 2.00. The SMILES string of the molecule is CS.O=C(O)c1cn[nH]c1-c1ccc(F)cc1. The molecule has 1 heterocycles. The molecule has 2 N–H and O–H groups in total. The molecule has 4 nitrogen and oxygen atoms in total. The van der Waals surface area contributed by atoms with Gasteiger partial charge in [0, 0.05) is 5.56 Å². The van der Waals surface area contributed by atoms with Gasteiger partial charge in [-0.1, -0.05) is 0 Å². The van der Waals surface area contributed by atoms with Crippen molar-refractivity contribution in [2.45, 2.75) is 0 Å². The van der Waals surface area contributed by atoms with Gasteiger partial charge in [-0.05, 0) is 30.5 Å². The summed E-state index contributed by atoms with van der Waals surface area (Å²) in [7, 11) is 0. The second kappa shape index (κ2) is 6.05. The van der Waals surface area contributed by atoms with Crippen LogP contribution in [0.4, 0.5) is 4.39 Å². The van der Waals surface area contributed by atoms with Crippen molar-refractivity contribution in [1.29, 1.82) is 0 Å². The van der Waals surface area contributed by atoms with E-state index in [1.54, 1.807) is 6.26 Å². The molecule has 90 valence electrons. The Labute approximate surface area is 103 Å². The third-order valence-corrected chi connectivity index (χ3v) is 2.00. The van der Waals surface area contributed by atoms with Crippen molar-refractivity contribution in [1.82, 2.24) is 10.2 Å². The topological polar surface area (TPSA) is 66.0 Å². The summed E-state index contributed by atoms with van der Waals surface area (Å²) in [5.74, 6) is -1.43. The first kappa shape index (κ1) is 13.2. The number of carboxylic acids is 1. The van der Waals surface area contributed by atoms with Crippen LogP contribution in [0.5, 0.6) is 0 Å². The first-order valence-electron chi connectivity index (χ1n) is 4.66. The van der Waals surface area contributed by atoms with Gasteiger partial charge in [0.1, 0.15) is 11.4 Å². The van der Waals surface area contributed by atoms with Gasteiger partial charge in [-0.15, -0.1) is 0 Å². The van der Waals surface area contributed by atoms with Gasteiger partial charge in [0.25, 0.3) is 0 Å². The number of H-pyrrole nitrogens is 1. The summed E-state index contributed by atoms with van der Waals surface area (Å²) in [4.78, 5) is 10.8. The van der Waals surface area contributed by atoms with Gasteiger partial charge in [-0.25, -0.2) is 9.18 Å². The van der Waals surface area contributed by atoms with Crippen LogP contribution < -0.4 is 0 Å². The molecule has 1 aromatic heterocycles. The molecule has 0 aliphatic rings. The van der Waals surface area contributed by atoms with E-state index in [0.717, 1.165) is 0 Å². The Morgan fingerprint density at radius 3 is 2.47 bits per heavy atom. The minimum absolute atomic E-state index is 0.0709. The van der Waals surface area contributed by atoms with Crippen LogP contribution >= 0.6 is 12.6 Å². The zero-order chi connectivity index (χ0) is 12.8. The normalized spacial score (nSPS) is 9.35. The standard InChI is InChI=1S/C10H7FN2O2.CH4S/c11-7-3-1-6(2-4-7)9-8(10(14)15)5-12-13-9;1-2/h1-5H,(H,12,13)(H,14,15);2H,1H3. The van der Waals surface area contributed by atoms with Crippen LogP contribution in [0.3, 0.4) is 0 Å². The Bertz CT molecular complexity index is 496. The summed E-state index contributed by atoms with van der Waals surface area (Å²) in [5, 5.41) is 15.0. The number of halogens is 1. The molecule has 1 aromatic carbocycles. The van der Waals surface area contributed by atoms with Gasteiger partial charge in [0.2, 0.25) is 0 Å². The molecule has 0 radical (unpaired) electrons. The van der Waals surface area contributed by atoms with Crippen LogP contribution in [0.25, 0.3) is 11.3 Å². The Balaban J connectivity index is 0.000000686. The molecule has 0 saturated heterocycles. The Morgan fingerprint density at radius 2 is 1.94 bits per heavy atom. The Hall–Kier alpha value is -1.82. The van der Waals surface area contributed by atoms with Gasteiger partial charge >= 0.3 is 5.97 Å². The van der Waals surface area contributed by atoms with Crippen LogP contribution in [0.1, 0.15) is 10.4 Å². The van der Waals surface area contributed by atoms with Gasteiger partial charge in [0.15, 0.2) is 0 Å². The Morgan fingerprint density at radius 1 is 1.35 bits per heavy atom. The first-order chi connectivity index (χ1) is 8.18. The zero-order valence-electron chi connectivity index (χ0n) is 9.01. The van der Waals surface area contributed by atoms with Crippen molar-refractivity contribution < 1.29 is 14.3 Å². The lowest BCUT2D eigenvalue weighted by molar-refractivity contribution is 0.0698. The monoisotopic (exact) mass is 254 g/mol. The molecule has 2 aromatic rings. The number of nitrogens with one attached hydrogen (secondary N) is 1. The van der Waals surface area contributed by atoms with Crippen molar-refractivity contribution in [2.24, 2.45) is 0 Å². The van der Waals surface area contributed by atoms with Crippen molar-refractivity contribution >= 4 is 18.6 Å². The molecular formula is C11H11FN2O2S. The molecule has 0 bridgehead atoms. The zero-order valence-corrected chi connectivity index (χ0v) is 9.91. The van der Waals surface area contributed by atoms with E-state index < -0.39 is 5.97 Å². The molecule has 0 amide bonds. The van der Waals surface area contributed by atoms with E-state index in [2.05, 4.69) is 22.8 Å². The van der Waals surface area contributed by atoms with E-state index in [9.17, 15) is 9.18 Å². The average molecular weight is 254 g/mol. The van der Waals surface area contributed by atoms with E-state index in [-0.39, 0.29) is 11.4 Å². The van der Waals surface area contributed by atoms with Crippen LogP contribution in [-0.4, -0.2) is 27.5 Å². The van der Waals surface area contributed by atoms with Crippen molar-refractivity contribution in [3.05, 3.63) is 41.8 Å². The highest BCUT2D eigenvalue weighted by atomic mass is 32.1. The fourth-order valence-electron chi connectivity index (χ4n) is 1.28. The number of nitrogens with zero attached hydrogens (tertiary/aromatic N) is 1. The average Bonchev–Trinajstić information content (AvgIpc) is 2.82. The van der Waals surface area contributed by atoms with Crippen molar-refractivity contribution in [3.63, 3.8) is 0 Å². The fraction of sp³-hybridized carbons (Fsp3) is 0.0909. The number of benzene rings is 1. The molecule has 0 atom stereocenters. The number of hydrogen-bond acceptors (Lipinski definition) is 3. The molecule has 17 heavy (non-hydrogen) atoms.